The fourth-order valence-electron chi connectivity index (χ4n) is 1.79. The summed E-state index contributed by atoms with van der Waals surface area (Å²) in [6, 6.07) is 9.56. The number of fused-ring (bicyclic) bond motifs is 1. The number of nitrogens with one attached hydrogen (secondary N) is 1. The van der Waals surface area contributed by atoms with E-state index >= 15 is 0 Å². The van der Waals surface area contributed by atoms with Crippen molar-refractivity contribution in [3.05, 3.63) is 59.4 Å². The first-order valence-corrected chi connectivity index (χ1v) is 5.22. The molecule has 4 nitrogen and oxygen atoms in total. The van der Waals surface area contributed by atoms with Crippen LogP contribution in [0.1, 0.15) is 0 Å². The summed E-state index contributed by atoms with van der Waals surface area (Å²) >= 11 is 0. The average molecular weight is 223 g/mol. The van der Waals surface area contributed by atoms with E-state index in [2.05, 4.69) is 15.0 Å². The van der Waals surface area contributed by atoms with Crippen LogP contribution in [-0.4, -0.2) is 15.0 Å². The van der Waals surface area contributed by atoms with E-state index in [-0.39, 0.29) is 5.56 Å². The van der Waals surface area contributed by atoms with Crippen LogP contribution < -0.4 is 5.56 Å². The van der Waals surface area contributed by atoms with Gasteiger partial charge in [-0.15, -0.1) is 0 Å². The summed E-state index contributed by atoms with van der Waals surface area (Å²) in [4.78, 5) is 22.4. The number of benzene rings is 1. The molecule has 3 aromatic rings. The van der Waals surface area contributed by atoms with Gasteiger partial charge in [-0.2, -0.15) is 0 Å². The van der Waals surface area contributed by atoms with Crippen molar-refractivity contribution in [2.45, 2.75) is 0 Å². The van der Waals surface area contributed by atoms with Gasteiger partial charge in [-0.1, -0.05) is 12.1 Å². The monoisotopic (exact) mass is 223 g/mol. The maximum absolute atomic E-state index is 11.6. The molecule has 0 saturated heterocycles. The van der Waals surface area contributed by atoms with Crippen LogP contribution in [0, 0.1) is 0 Å². The van der Waals surface area contributed by atoms with Gasteiger partial charge in [-0.3, -0.25) is 9.78 Å². The summed E-state index contributed by atoms with van der Waals surface area (Å²) in [5.74, 6) is 0. The van der Waals surface area contributed by atoms with E-state index in [1.807, 2.05) is 30.3 Å². The molecule has 0 amide bonds. The minimum atomic E-state index is -0.136. The molecular formula is C13H9N3O. The lowest BCUT2D eigenvalue weighted by molar-refractivity contribution is 1.12. The maximum atomic E-state index is 11.6. The van der Waals surface area contributed by atoms with Crippen LogP contribution in [0.2, 0.25) is 0 Å². The molecule has 0 saturated carbocycles. The lowest BCUT2D eigenvalue weighted by Crippen LogP contribution is -2.08. The lowest BCUT2D eigenvalue weighted by Gasteiger charge is -2.01. The van der Waals surface area contributed by atoms with E-state index < -0.39 is 0 Å². The number of hydrogen-bond acceptors (Lipinski definition) is 3. The highest BCUT2D eigenvalue weighted by molar-refractivity contribution is 5.83. The molecule has 3 rings (SSSR count). The molecule has 1 N–H and O–H groups in total. The third-order valence-corrected chi connectivity index (χ3v) is 2.63. The van der Waals surface area contributed by atoms with Crippen LogP contribution in [0.3, 0.4) is 0 Å². The van der Waals surface area contributed by atoms with E-state index in [9.17, 15) is 4.79 Å². The zero-order valence-electron chi connectivity index (χ0n) is 8.92. The Morgan fingerprint density at radius 3 is 3.00 bits per heavy atom. The minimum Gasteiger partial charge on any atom is -0.313 e. The minimum absolute atomic E-state index is 0.136. The molecule has 2 aromatic heterocycles. The molecule has 0 fully saturated rings. The van der Waals surface area contributed by atoms with Crippen molar-refractivity contribution in [3.8, 4) is 11.1 Å². The van der Waals surface area contributed by atoms with Gasteiger partial charge in [0.2, 0.25) is 0 Å². The van der Waals surface area contributed by atoms with Gasteiger partial charge < -0.3 is 4.98 Å². The summed E-state index contributed by atoms with van der Waals surface area (Å²) < 4.78 is 0. The molecule has 4 heteroatoms. The molecule has 0 aliphatic heterocycles. The smallest absolute Gasteiger partial charge is 0.258 e. The highest BCUT2D eigenvalue weighted by Crippen LogP contribution is 2.19. The van der Waals surface area contributed by atoms with Crippen LogP contribution in [0.25, 0.3) is 22.0 Å². The molecule has 0 radical (unpaired) electrons. The zero-order chi connectivity index (χ0) is 11.7. The first-order valence-electron chi connectivity index (χ1n) is 5.22. The summed E-state index contributed by atoms with van der Waals surface area (Å²) in [5, 5.41) is 1.01. The quantitative estimate of drug-likeness (QED) is 0.686. The summed E-state index contributed by atoms with van der Waals surface area (Å²) in [7, 11) is 0. The van der Waals surface area contributed by atoms with E-state index in [4.69, 9.17) is 0 Å². The van der Waals surface area contributed by atoms with Gasteiger partial charge in [-0.05, 0) is 23.8 Å². The van der Waals surface area contributed by atoms with Crippen molar-refractivity contribution >= 4 is 10.9 Å². The van der Waals surface area contributed by atoms with Gasteiger partial charge in [0, 0.05) is 17.8 Å². The molecule has 2 heterocycles. The number of aromatic amines is 1. The Labute approximate surface area is 97.0 Å². The summed E-state index contributed by atoms with van der Waals surface area (Å²) in [5.41, 5.74) is 2.19. The first-order chi connectivity index (χ1) is 8.34. The molecule has 0 aliphatic carbocycles. The van der Waals surface area contributed by atoms with Crippen molar-refractivity contribution in [1.82, 2.24) is 15.0 Å². The second-order valence-electron chi connectivity index (χ2n) is 3.71. The van der Waals surface area contributed by atoms with Gasteiger partial charge in [0.1, 0.15) is 0 Å². The second-order valence-corrected chi connectivity index (χ2v) is 3.71. The van der Waals surface area contributed by atoms with E-state index in [0.29, 0.717) is 5.56 Å². The molecule has 82 valence electrons. The zero-order valence-corrected chi connectivity index (χ0v) is 8.92. The Balaban J connectivity index is 2.25. The molecule has 0 bridgehead atoms. The van der Waals surface area contributed by atoms with E-state index in [1.165, 1.54) is 6.33 Å². The van der Waals surface area contributed by atoms with E-state index in [1.54, 1.807) is 12.4 Å². The summed E-state index contributed by atoms with van der Waals surface area (Å²) in [6.07, 6.45) is 4.70. The van der Waals surface area contributed by atoms with Crippen LogP contribution in [-0.2, 0) is 0 Å². The van der Waals surface area contributed by atoms with Crippen molar-refractivity contribution in [2.75, 3.05) is 0 Å². The van der Waals surface area contributed by atoms with Crippen LogP contribution in [0.4, 0.5) is 0 Å². The fraction of sp³-hybridized carbons (Fsp3) is 0. The van der Waals surface area contributed by atoms with E-state index in [0.717, 1.165) is 16.5 Å². The Hall–Kier alpha value is -2.49. The molecule has 0 atom stereocenters. The van der Waals surface area contributed by atoms with Crippen LogP contribution >= 0.6 is 0 Å². The Kier molecular flexibility index (Phi) is 2.19. The second kappa shape index (κ2) is 3.83. The molecule has 17 heavy (non-hydrogen) atoms. The Morgan fingerprint density at radius 2 is 2.12 bits per heavy atom. The molecule has 0 spiro atoms. The number of aromatic nitrogens is 3. The van der Waals surface area contributed by atoms with Crippen molar-refractivity contribution in [1.29, 1.82) is 0 Å². The van der Waals surface area contributed by atoms with Crippen LogP contribution in [0.5, 0.6) is 0 Å². The molecule has 0 unspecified atom stereocenters. The highest BCUT2D eigenvalue weighted by Gasteiger charge is 2.03. The Morgan fingerprint density at radius 1 is 1.18 bits per heavy atom. The van der Waals surface area contributed by atoms with Gasteiger partial charge >= 0.3 is 0 Å². The third kappa shape index (κ3) is 1.69. The fourth-order valence-corrected chi connectivity index (χ4v) is 1.79. The van der Waals surface area contributed by atoms with Crippen molar-refractivity contribution < 1.29 is 0 Å². The topological polar surface area (TPSA) is 58.6 Å². The number of hydrogen-bond donors (Lipinski definition) is 1. The third-order valence-electron chi connectivity index (χ3n) is 2.63. The highest BCUT2D eigenvalue weighted by atomic mass is 16.1. The van der Waals surface area contributed by atoms with Gasteiger partial charge in [0.25, 0.3) is 5.56 Å². The molecular weight excluding hydrogens is 214 g/mol. The van der Waals surface area contributed by atoms with Crippen molar-refractivity contribution in [3.63, 3.8) is 0 Å². The Bertz CT molecular complexity index is 734. The van der Waals surface area contributed by atoms with Crippen molar-refractivity contribution in [2.24, 2.45) is 0 Å². The lowest BCUT2D eigenvalue weighted by atomic mass is 10.1. The number of pyridine rings is 1. The van der Waals surface area contributed by atoms with Gasteiger partial charge in [-0.25, -0.2) is 4.98 Å². The normalized spacial score (nSPS) is 10.6. The first kappa shape index (κ1) is 9.72. The van der Waals surface area contributed by atoms with Gasteiger partial charge in [0.05, 0.1) is 17.4 Å². The molecule has 0 aliphatic rings. The van der Waals surface area contributed by atoms with Crippen LogP contribution in [0.15, 0.2) is 53.8 Å². The predicted octanol–water partition coefficient (Wildman–Crippen LogP) is 1.99. The SMILES string of the molecule is O=c1[nH]cncc1-c1ccc2ncccc2c1. The maximum Gasteiger partial charge on any atom is 0.258 e. The summed E-state index contributed by atoms with van der Waals surface area (Å²) in [6.45, 7) is 0. The molecule has 1 aromatic carbocycles. The average Bonchev–Trinajstić information content (AvgIpc) is 2.39. The predicted molar refractivity (Wildman–Crippen MR) is 65.6 cm³/mol. The van der Waals surface area contributed by atoms with Gasteiger partial charge in [0.15, 0.2) is 0 Å². The standard InChI is InChI=1S/C13H9N3O/c17-13-11(7-14-8-16-13)9-3-4-12-10(6-9)2-1-5-15-12/h1-8H,(H,14,16,17). The number of rotatable bonds is 1. The number of H-pyrrole nitrogens is 1. The number of nitrogens with zero attached hydrogens (tertiary/aromatic N) is 2. The largest absolute Gasteiger partial charge is 0.313 e.